The van der Waals surface area contributed by atoms with Crippen LogP contribution < -0.4 is 10.4 Å². The third-order valence-electron chi connectivity index (χ3n) is 9.74. The van der Waals surface area contributed by atoms with Crippen LogP contribution in [-0.2, 0) is 9.31 Å². The van der Waals surface area contributed by atoms with Crippen LogP contribution in [0.3, 0.4) is 0 Å². The van der Waals surface area contributed by atoms with E-state index in [1.54, 1.807) is 0 Å². The van der Waals surface area contributed by atoms with Gasteiger partial charge >= 0.3 is 7.12 Å². The summed E-state index contributed by atoms with van der Waals surface area (Å²) in [5.74, 6) is 0. The molecule has 6 aromatic carbocycles. The molecule has 1 saturated heterocycles. The van der Waals surface area contributed by atoms with Crippen LogP contribution in [0.2, 0.25) is 0 Å². The number of nitrogens with zero attached hydrogens (tertiary/aromatic N) is 1. The topological polar surface area (TPSA) is 21.7 Å². The highest BCUT2D eigenvalue weighted by atomic mass is 32.1. The Balaban J connectivity index is 1.26. The van der Waals surface area contributed by atoms with Crippen molar-refractivity contribution in [3.63, 3.8) is 0 Å². The molecule has 230 valence electrons. The minimum Gasteiger partial charge on any atom is -0.399 e. The van der Waals surface area contributed by atoms with Crippen LogP contribution in [0.4, 0.5) is 17.1 Å². The van der Waals surface area contributed by atoms with E-state index in [-0.39, 0.29) is 0 Å². The smallest absolute Gasteiger partial charge is 0.399 e. The Kier molecular flexibility index (Phi) is 7.29. The highest BCUT2D eigenvalue weighted by molar-refractivity contribution is 7.26. The lowest BCUT2D eigenvalue weighted by Crippen LogP contribution is -2.41. The van der Waals surface area contributed by atoms with E-state index in [4.69, 9.17) is 9.31 Å². The maximum absolute atomic E-state index is 6.56. The zero-order chi connectivity index (χ0) is 32.2. The van der Waals surface area contributed by atoms with Crippen molar-refractivity contribution in [3.8, 4) is 22.3 Å². The molecule has 0 atom stereocenters. The maximum Gasteiger partial charge on any atom is 0.495 e. The van der Waals surface area contributed by atoms with E-state index in [1.807, 2.05) is 11.3 Å². The predicted molar refractivity (Wildman–Crippen MR) is 201 cm³/mol. The molecule has 2 heterocycles. The monoisotopic (exact) mass is 629 g/mol. The van der Waals surface area contributed by atoms with Gasteiger partial charge in [-0.3, -0.25) is 0 Å². The minimum atomic E-state index is -0.433. The summed E-state index contributed by atoms with van der Waals surface area (Å²) in [4.78, 5) is 2.35. The molecule has 1 fully saturated rings. The molecular weight excluding hydrogens is 593 g/mol. The van der Waals surface area contributed by atoms with Crippen LogP contribution in [0, 0.1) is 0 Å². The van der Waals surface area contributed by atoms with E-state index in [9.17, 15) is 0 Å². The van der Waals surface area contributed by atoms with Crippen molar-refractivity contribution in [3.05, 3.63) is 146 Å². The van der Waals surface area contributed by atoms with Crippen molar-refractivity contribution in [2.24, 2.45) is 0 Å². The molecule has 0 aliphatic carbocycles. The van der Waals surface area contributed by atoms with Gasteiger partial charge < -0.3 is 14.2 Å². The predicted octanol–water partition coefficient (Wildman–Crippen LogP) is 11.2. The second kappa shape index (κ2) is 11.5. The molecule has 0 bridgehead atoms. The lowest BCUT2D eigenvalue weighted by atomic mass is 9.76. The Labute approximate surface area is 281 Å². The zero-order valence-electron chi connectivity index (χ0n) is 27.1. The van der Waals surface area contributed by atoms with Gasteiger partial charge in [-0.25, -0.2) is 0 Å². The number of hydrogen-bond acceptors (Lipinski definition) is 4. The summed E-state index contributed by atoms with van der Waals surface area (Å²) in [5, 5.41) is 2.41. The third-order valence-corrected chi connectivity index (χ3v) is 10.9. The summed E-state index contributed by atoms with van der Waals surface area (Å²) >= 11 is 1.82. The number of thiophene rings is 1. The molecule has 1 aliphatic rings. The van der Waals surface area contributed by atoms with Crippen molar-refractivity contribution in [2.45, 2.75) is 38.9 Å². The molecule has 1 aromatic heterocycles. The van der Waals surface area contributed by atoms with Gasteiger partial charge in [0.15, 0.2) is 0 Å². The first-order valence-electron chi connectivity index (χ1n) is 16.2. The highest BCUT2D eigenvalue weighted by Crippen LogP contribution is 2.42. The largest absolute Gasteiger partial charge is 0.495 e. The van der Waals surface area contributed by atoms with Gasteiger partial charge in [0.05, 0.1) is 11.2 Å². The molecule has 0 unspecified atom stereocenters. The molecule has 47 heavy (non-hydrogen) atoms. The van der Waals surface area contributed by atoms with Gasteiger partial charge in [-0.1, -0.05) is 97.1 Å². The fourth-order valence-electron chi connectivity index (χ4n) is 6.46. The number of anilines is 3. The Hall–Kier alpha value is -4.68. The molecule has 0 amide bonds. The van der Waals surface area contributed by atoms with E-state index in [0.717, 1.165) is 22.5 Å². The van der Waals surface area contributed by atoms with Gasteiger partial charge in [-0.2, -0.15) is 0 Å². The van der Waals surface area contributed by atoms with Crippen molar-refractivity contribution < 1.29 is 9.31 Å². The van der Waals surface area contributed by atoms with Crippen LogP contribution in [0.15, 0.2) is 146 Å². The molecule has 0 N–H and O–H groups in total. The molecule has 8 rings (SSSR count). The normalized spacial score (nSPS) is 15.4. The molecule has 7 aromatic rings. The summed E-state index contributed by atoms with van der Waals surface area (Å²) in [7, 11) is -0.433. The summed E-state index contributed by atoms with van der Waals surface area (Å²) in [6.45, 7) is 8.45. The van der Waals surface area contributed by atoms with E-state index < -0.39 is 18.3 Å². The molecule has 0 radical (unpaired) electrons. The lowest BCUT2D eigenvalue weighted by molar-refractivity contribution is 0.00578. The highest BCUT2D eigenvalue weighted by Gasteiger charge is 2.52. The fraction of sp³-hybridized carbons (Fsp3) is 0.143. The summed E-state index contributed by atoms with van der Waals surface area (Å²) in [6, 6.07) is 52.1. The van der Waals surface area contributed by atoms with Crippen molar-refractivity contribution in [1.82, 2.24) is 0 Å². The molecular formula is C42H36BNO2S. The van der Waals surface area contributed by atoms with E-state index >= 15 is 0 Å². The first-order chi connectivity index (χ1) is 22.8. The second-order valence-electron chi connectivity index (χ2n) is 13.3. The minimum absolute atomic E-state index is 0.411. The molecule has 0 saturated carbocycles. The SMILES string of the molecule is CC1(C)OB(c2cccc3sc4ccc(N(c5ccc(-c6ccccc6)cc5)c5ccc(-c6ccccc6)cc5)cc4c23)OC1(C)C. The summed E-state index contributed by atoms with van der Waals surface area (Å²) in [5.41, 5.74) is 8.36. The van der Waals surface area contributed by atoms with E-state index in [0.29, 0.717) is 0 Å². The van der Waals surface area contributed by atoms with Crippen LogP contribution in [-0.4, -0.2) is 18.3 Å². The van der Waals surface area contributed by atoms with Crippen LogP contribution in [0.1, 0.15) is 27.7 Å². The van der Waals surface area contributed by atoms with Crippen molar-refractivity contribution >= 4 is 61.2 Å². The molecule has 5 heteroatoms. The standard InChI is InChI=1S/C42H36BNO2S/c1-41(2)42(3,4)46-43(45-41)37-16-11-17-39-40(37)36-28-35(26-27-38(36)47-39)44(33-22-18-31(19-23-33)29-12-7-5-8-13-29)34-24-20-32(21-25-34)30-14-9-6-10-15-30/h5-28H,1-4H3. The Bertz CT molecular complexity index is 2090. The Morgan fingerprint density at radius 2 is 0.979 bits per heavy atom. The first kappa shape index (κ1) is 29.7. The lowest BCUT2D eigenvalue weighted by Gasteiger charge is -2.32. The molecule has 1 aliphatic heterocycles. The first-order valence-corrected chi connectivity index (χ1v) is 17.0. The summed E-state index contributed by atoms with van der Waals surface area (Å²) in [6.07, 6.45) is 0. The van der Waals surface area contributed by atoms with E-state index in [2.05, 4.69) is 178 Å². The van der Waals surface area contributed by atoms with Gasteiger partial charge in [0.2, 0.25) is 0 Å². The number of fused-ring (bicyclic) bond motifs is 3. The van der Waals surface area contributed by atoms with E-state index in [1.165, 1.54) is 42.4 Å². The van der Waals surface area contributed by atoms with Crippen molar-refractivity contribution in [2.75, 3.05) is 4.90 Å². The maximum atomic E-state index is 6.56. The van der Waals surface area contributed by atoms with Gasteiger partial charge in [-0.15, -0.1) is 11.3 Å². The van der Waals surface area contributed by atoms with Crippen LogP contribution >= 0.6 is 11.3 Å². The van der Waals surface area contributed by atoms with Gasteiger partial charge in [0, 0.05) is 37.2 Å². The van der Waals surface area contributed by atoms with Gasteiger partial charge in [0.25, 0.3) is 0 Å². The summed E-state index contributed by atoms with van der Waals surface area (Å²) < 4.78 is 15.6. The average molecular weight is 630 g/mol. The van der Waals surface area contributed by atoms with Crippen LogP contribution in [0.25, 0.3) is 42.4 Å². The molecule has 3 nitrogen and oxygen atoms in total. The van der Waals surface area contributed by atoms with Crippen LogP contribution in [0.5, 0.6) is 0 Å². The fourth-order valence-corrected chi connectivity index (χ4v) is 7.58. The number of hydrogen-bond donors (Lipinski definition) is 0. The molecule has 0 spiro atoms. The Morgan fingerprint density at radius 1 is 0.489 bits per heavy atom. The van der Waals surface area contributed by atoms with Gasteiger partial charge in [-0.05, 0) is 104 Å². The Morgan fingerprint density at radius 3 is 1.51 bits per heavy atom. The quantitative estimate of drug-likeness (QED) is 0.171. The second-order valence-corrected chi connectivity index (χ2v) is 14.3. The number of benzene rings is 6. The van der Waals surface area contributed by atoms with Gasteiger partial charge in [0.1, 0.15) is 0 Å². The van der Waals surface area contributed by atoms with Crippen molar-refractivity contribution in [1.29, 1.82) is 0 Å². The number of rotatable bonds is 6. The average Bonchev–Trinajstić information content (AvgIpc) is 3.58. The third kappa shape index (κ3) is 5.35. The zero-order valence-corrected chi connectivity index (χ0v) is 27.9.